The van der Waals surface area contributed by atoms with Gasteiger partial charge >= 0.3 is 0 Å². The van der Waals surface area contributed by atoms with Crippen molar-refractivity contribution in [1.82, 2.24) is 5.32 Å². The van der Waals surface area contributed by atoms with Crippen LogP contribution in [0.4, 0.5) is 0 Å². The number of hydrogen-bond acceptors (Lipinski definition) is 2. The summed E-state index contributed by atoms with van der Waals surface area (Å²) in [5.74, 6) is 0.886. The standard InChI is InChI=1S/C17H19NO2/c1-2-20-16-10-8-15(9-11-16)13-18-17(19)12-14-6-4-3-5-7-14/h3-11H,2,12-13H2,1H3,(H,18,19). The number of carbonyl (C=O) groups is 1. The SMILES string of the molecule is CCOc1ccc(CNC(=O)Cc2ccccc2)cc1. The second-order valence-corrected chi connectivity index (χ2v) is 4.52. The maximum atomic E-state index is 11.8. The van der Waals surface area contributed by atoms with E-state index in [0.29, 0.717) is 19.6 Å². The van der Waals surface area contributed by atoms with E-state index in [1.54, 1.807) is 0 Å². The summed E-state index contributed by atoms with van der Waals surface area (Å²) in [5.41, 5.74) is 2.09. The van der Waals surface area contributed by atoms with Gasteiger partial charge in [0.1, 0.15) is 5.75 Å². The van der Waals surface area contributed by atoms with E-state index in [9.17, 15) is 4.79 Å². The van der Waals surface area contributed by atoms with Crippen LogP contribution < -0.4 is 10.1 Å². The smallest absolute Gasteiger partial charge is 0.224 e. The van der Waals surface area contributed by atoms with Crippen LogP contribution in [-0.2, 0) is 17.8 Å². The van der Waals surface area contributed by atoms with Gasteiger partial charge in [-0.1, -0.05) is 42.5 Å². The van der Waals surface area contributed by atoms with Gasteiger partial charge in [0.2, 0.25) is 5.91 Å². The molecule has 1 N–H and O–H groups in total. The molecule has 0 aliphatic heterocycles. The second-order valence-electron chi connectivity index (χ2n) is 4.52. The number of ether oxygens (including phenoxy) is 1. The third kappa shape index (κ3) is 4.43. The minimum atomic E-state index is 0.0325. The van der Waals surface area contributed by atoms with E-state index in [0.717, 1.165) is 16.9 Å². The number of carbonyl (C=O) groups excluding carboxylic acids is 1. The Morgan fingerprint density at radius 3 is 2.35 bits per heavy atom. The molecule has 0 aromatic heterocycles. The molecule has 0 spiro atoms. The average molecular weight is 269 g/mol. The van der Waals surface area contributed by atoms with E-state index in [1.165, 1.54) is 0 Å². The highest BCUT2D eigenvalue weighted by atomic mass is 16.5. The first-order valence-corrected chi connectivity index (χ1v) is 6.80. The largest absolute Gasteiger partial charge is 0.494 e. The van der Waals surface area contributed by atoms with E-state index >= 15 is 0 Å². The first kappa shape index (κ1) is 14.1. The summed E-state index contributed by atoms with van der Waals surface area (Å²) in [6.45, 7) is 3.16. The van der Waals surface area contributed by atoms with Crippen LogP contribution >= 0.6 is 0 Å². The van der Waals surface area contributed by atoms with Gasteiger partial charge in [-0.25, -0.2) is 0 Å². The van der Waals surface area contributed by atoms with Crippen LogP contribution in [0, 0.1) is 0 Å². The summed E-state index contributed by atoms with van der Waals surface area (Å²) in [4.78, 5) is 11.8. The Morgan fingerprint density at radius 2 is 1.70 bits per heavy atom. The van der Waals surface area contributed by atoms with E-state index in [2.05, 4.69) is 5.32 Å². The molecular weight excluding hydrogens is 250 g/mol. The first-order chi connectivity index (χ1) is 9.78. The Balaban J connectivity index is 1.81. The lowest BCUT2D eigenvalue weighted by Gasteiger charge is -2.07. The molecule has 0 fully saturated rings. The summed E-state index contributed by atoms with van der Waals surface area (Å²) in [6, 6.07) is 17.5. The third-order valence-electron chi connectivity index (χ3n) is 2.93. The number of benzene rings is 2. The molecule has 1 amide bonds. The van der Waals surface area contributed by atoms with Crippen molar-refractivity contribution in [2.75, 3.05) is 6.61 Å². The zero-order chi connectivity index (χ0) is 14.2. The van der Waals surface area contributed by atoms with Gasteiger partial charge in [0.15, 0.2) is 0 Å². The summed E-state index contributed by atoms with van der Waals surface area (Å²) < 4.78 is 5.38. The van der Waals surface area contributed by atoms with Crippen LogP contribution in [0.2, 0.25) is 0 Å². The van der Waals surface area contributed by atoms with Gasteiger partial charge in [-0.2, -0.15) is 0 Å². The molecule has 0 saturated heterocycles. The maximum absolute atomic E-state index is 11.8. The van der Waals surface area contributed by atoms with Gasteiger partial charge < -0.3 is 10.1 Å². The van der Waals surface area contributed by atoms with Gasteiger partial charge in [0, 0.05) is 6.54 Å². The van der Waals surface area contributed by atoms with Crippen molar-refractivity contribution in [1.29, 1.82) is 0 Å². The molecule has 0 bridgehead atoms. The van der Waals surface area contributed by atoms with Crippen molar-refractivity contribution < 1.29 is 9.53 Å². The molecule has 2 rings (SSSR count). The molecule has 2 aromatic carbocycles. The molecule has 0 aliphatic carbocycles. The molecule has 3 nitrogen and oxygen atoms in total. The minimum Gasteiger partial charge on any atom is -0.494 e. The highest BCUT2D eigenvalue weighted by Gasteiger charge is 2.03. The van der Waals surface area contributed by atoms with Gasteiger partial charge in [-0.15, -0.1) is 0 Å². The Labute approximate surface area is 119 Å². The monoisotopic (exact) mass is 269 g/mol. The van der Waals surface area contributed by atoms with Crippen molar-refractivity contribution in [3.8, 4) is 5.75 Å². The minimum absolute atomic E-state index is 0.0325. The zero-order valence-corrected chi connectivity index (χ0v) is 11.6. The molecular formula is C17H19NO2. The third-order valence-corrected chi connectivity index (χ3v) is 2.93. The first-order valence-electron chi connectivity index (χ1n) is 6.80. The highest BCUT2D eigenvalue weighted by Crippen LogP contribution is 2.11. The molecule has 0 unspecified atom stereocenters. The molecule has 0 saturated carbocycles. The quantitative estimate of drug-likeness (QED) is 0.875. The lowest BCUT2D eigenvalue weighted by Crippen LogP contribution is -2.24. The Morgan fingerprint density at radius 1 is 1.00 bits per heavy atom. The Bertz CT molecular complexity index is 535. The molecule has 3 heteroatoms. The van der Waals surface area contributed by atoms with Crippen LogP contribution in [-0.4, -0.2) is 12.5 Å². The summed E-state index contributed by atoms with van der Waals surface area (Å²) in [7, 11) is 0. The van der Waals surface area contributed by atoms with Gasteiger partial charge in [0.05, 0.1) is 13.0 Å². The van der Waals surface area contributed by atoms with E-state index in [4.69, 9.17) is 4.74 Å². The van der Waals surface area contributed by atoms with Crippen molar-refractivity contribution >= 4 is 5.91 Å². The van der Waals surface area contributed by atoms with Gasteiger partial charge in [0.25, 0.3) is 0 Å². The zero-order valence-electron chi connectivity index (χ0n) is 11.6. The predicted molar refractivity (Wildman–Crippen MR) is 79.6 cm³/mol. The summed E-state index contributed by atoms with van der Waals surface area (Å²) >= 11 is 0. The molecule has 104 valence electrons. The number of nitrogens with one attached hydrogen (secondary N) is 1. The molecule has 2 aromatic rings. The van der Waals surface area contributed by atoms with E-state index in [1.807, 2.05) is 61.5 Å². The van der Waals surface area contributed by atoms with Crippen molar-refractivity contribution in [3.05, 3.63) is 65.7 Å². The topological polar surface area (TPSA) is 38.3 Å². The van der Waals surface area contributed by atoms with Crippen molar-refractivity contribution in [3.63, 3.8) is 0 Å². The second kappa shape index (κ2) is 7.34. The normalized spacial score (nSPS) is 10.1. The number of hydrogen-bond donors (Lipinski definition) is 1. The van der Waals surface area contributed by atoms with Crippen LogP contribution in [0.3, 0.4) is 0 Å². The predicted octanol–water partition coefficient (Wildman–Crippen LogP) is 2.94. The summed E-state index contributed by atoms with van der Waals surface area (Å²) in [6.07, 6.45) is 0.415. The molecule has 0 radical (unpaired) electrons. The fourth-order valence-corrected chi connectivity index (χ4v) is 1.91. The Kier molecular flexibility index (Phi) is 5.18. The van der Waals surface area contributed by atoms with Crippen LogP contribution in [0.5, 0.6) is 5.75 Å². The lowest BCUT2D eigenvalue weighted by atomic mass is 10.1. The summed E-state index contributed by atoms with van der Waals surface area (Å²) in [5, 5.41) is 2.92. The number of rotatable bonds is 6. The fraction of sp³-hybridized carbons (Fsp3) is 0.235. The van der Waals surface area contributed by atoms with Crippen LogP contribution in [0.25, 0.3) is 0 Å². The van der Waals surface area contributed by atoms with Crippen molar-refractivity contribution in [2.24, 2.45) is 0 Å². The molecule has 0 heterocycles. The highest BCUT2D eigenvalue weighted by molar-refractivity contribution is 5.78. The lowest BCUT2D eigenvalue weighted by molar-refractivity contribution is -0.120. The van der Waals surface area contributed by atoms with Gasteiger partial charge in [-0.3, -0.25) is 4.79 Å². The van der Waals surface area contributed by atoms with Crippen LogP contribution in [0.15, 0.2) is 54.6 Å². The maximum Gasteiger partial charge on any atom is 0.224 e. The molecule has 0 aliphatic rings. The number of amides is 1. The van der Waals surface area contributed by atoms with E-state index < -0.39 is 0 Å². The van der Waals surface area contributed by atoms with Gasteiger partial charge in [-0.05, 0) is 30.2 Å². The fourth-order valence-electron chi connectivity index (χ4n) is 1.91. The van der Waals surface area contributed by atoms with Crippen molar-refractivity contribution in [2.45, 2.75) is 19.9 Å². The van der Waals surface area contributed by atoms with E-state index in [-0.39, 0.29) is 5.91 Å². The molecule has 20 heavy (non-hydrogen) atoms. The molecule has 0 atom stereocenters. The Hall–Kier alpha value is -2.29. The van der Waals surface area contributed by atoms with Crippen LogP contribution in [0.1, 0.15) is 18.1 Å². The average Bonchev–Trinajstić information content (AvgIpc) is 2.48.